The number of ether oxygens (including phenoxy) is 1. The monoisotopic (exact) mass is 415 g/mol. The van der Waals surface area contributed by atoms with Crippen molar-refractivity contribution in [2.45, 2.75) is 70.9 Å². The summed E-state index contributed by atoms with van der Waals surface area (Å²) in [7, 11) is -2.03. The molecule has 0 aliphatic heterocycles. The van der Waals surface area contributed by atoms with Crippen molar-refractivity contribution in [2.24, 2.45) is 0 Å². The summed E-state index contributed by atoms with van der Waals surface area (Å²) in [5.74, 6) is 2.20. The normalized spacial score (nSPS) is 20.2. The Bertz CT molecular complexity index is 859. The van der Waals surface area contributed by atoms with Crippen molar-refractivity contribution in [2.75, 3.05) is 0 Å². The van der Waals surface area contributed by atoms with E-state index >= 15 is 0 Å². The lowest BCUT2D eigenvalue weighted by atomic mass is 9.88. The largest absolute Gasteiger partial charge is 0.458 e. The molecule has 29 heavy (non-hydrogen) atoms. The van der Waals surface area contributed by atoms with Crippen LogP contribution in [0.3, 0.4) is 0 Å². The molecule has 0 saturated carbocycles. The third-order valence-corrected chi connectivity index (χ3v) is 10.4. The second kappa shape index (κ2) is 8.52. The molecule has 0 bridgehead atoms. The minimum atomic E-state index is -2.03. The summed E-state index contributed by atoms with van der Waals surface area (Å²) in [6, 6.07) is 5.38. The van der Waals surface area contributed by atoms with Gasteiger partial charge < -0.3 is 9.16 Å². The first-order valence-corrected chi connectivity index (χ1v) is 12.6. The number of carbonyl (C=O) groups excluding carboxylic acids is 1. The van der Waals surface area contributed by atoms with Gasteiger partial charge in [0.25, 0.3) is 5.69 Å². The first-order chi connectivity index (χ1) is 13.4. The van der Waals surface area contributed by atoms with Gasteiger partial charge >= 0.3 is 5.97 Å². The Morgan fingerprint density at radius 1 is 1.28 bits per heavy atom. The van der Waals surface area contributed by atoms with Crippen molar-refractivity contribution >= 4 is 20.0 Å². The molecule has 0 unspecified atom stereocenters. The molecule has 1 aliphatic rings. The zero-order valence-corrected chi connectivity index (χ0v) is 18.9. The molecule has 2 atom stereocenters. The van der Waals surface area contributed by atoms with E-state index in [1.54, 1.807) is 0 Å². The molecule has 0 spiro atoms. The van der Waals surface area contributed by atoms with Gasteiger partial charge in [0.15, 0.2) is 8.32 Å². The smallest absolute Gasteiger partial charge is 0.338 e. The number of nitro benzene ring substituents is 1. The highest BCUT2D eigenvalue weighted by atomic mass is 28.4. The van der Waals surface area contributed by atoms with E-state index in [4.69, 9.17) is 15.6 Å². The Morgan fingerprint density at radius 2 is 1.86 bits per heavy atom. The number of terminal acetylenes is 1. The van der Waals surface area contributed by atoms with E-state index in [1.165, 1.54) is 24.3 Å². The van der Waals surface area contributed by atoms with Gasteiger partial charge in [0.2, 0.25) is 0 Å². The first kappa shape index (κ1) is 22.9. The third-order valence-electron chi connectivity index (χ3n) is 5.87. The molecule has 0 heterocycles. The summed E-state index contributed by atoms with van der Waals surface area (Å²) in [5.41, 5.74) is 2.03. The first-order valence-electron chi connectivity index (χ1n) is 9.65. The second-order valence-electron chi connectivity index (χ2n) is 8.94. The summed E-state index contributed by atoms with van der Waals surface area (Å²) < 4.78 is 12.3. The quantitative estimate of drug-likeness (QED) is 0.216. The summed E-state index contributed by atoms with van der Waals surface area (Å²) in [6.45, 7) is 12.9. The lowest BCUT2D eigenvalue weighted by molar-refractivity contribution is -0.384. The maximum Gasteiger partial charge on any atom is 0.338 e. The molecule has 0 aromatic heterocycles. The van der Waals surface area contributed by atoms with Gasteiger partial charge in [0, 0.05) is 30.5 Å². The number of nitro groups is 1. The Kier molecular flexibility index (Phi) is 6.71. The predicted molar refractivity (Wildman–Crippen MR) is 115 cm³/mol. The lowest BCUT2D eigenvalue weighted by Gasteiger charge is -2.42. The molecule has 0 radical (unpaired) electrons. The Morgan fingerprint density at radius 3 is 2.34 bits per heavy atom. The number of non-ortho nitro benzene ring substituents is 1. The highest BCUT2D eigenvalue weighted by Crippen LogP contribution is 2.40. The Balaban J connectivity index is 2.17. The number of hydrogen-bond acceptors (Lipinski definition) is 5. The van der Waals surface area contributed by atoms with E-state index in [0.717, 1.165) is 11.1 Å². The van der Waals surface area contributed by atoms with Crippen LogP contribution >= 0.6 is 0 Å². The van der Waals surface area contributed by atoms with E-state index in [0.29, 0.717) is 12.8 Å². The average Bonchev–Trinajstić information content (AvgIpc) is 2.63. The Hall–Kier alpha value is -2.43. The molecule has 0 N–H and O–H groups in total. The van der Waals surface area contributed by atoms with Crippen molar-refractivity contribution in [3.8, 4) is 12.3 Å². The second-order valence-corrected chi connectivity index (χ2v) is 13.7. The molecular weight excluding hydrogens is 386 g/mol. The molecule has 0 saturated heterocycles. The van der Waals surface area contributed by atoms with Crippen molar-refractivity contribution in [1.29, 1.82) is 0 Å². The van der Waals surface area contributed by atoms with Gasteiger partial charge in [-0.1, -0.05) is 26.7 Å². The van der Waals surface area contributed by atoms with Crippen LogP contribution < -0.4 is 0 Å². The number of nitrogens with zero attached hydrogens (tertiary/aromatic N) is 1. The topological polar surface area (TPSA) is 78.7 Å². The van der Waals surface area contributed by atoms with Crippen molar-refractivity contribution < 1.29 is 18.9 Å². The standard InChI is InChI=1S/C22H29NO5Si/c1-8-16-13-19(14-20(15(16)2)28-29(6,7)22(3,4)5)27-21(24)17-9-11-18(12-10-17)23(25)26/h1,9-12,19-20H,13-14H2,2-7H3/t19-,20-/m0/s1. The van der Waals surface area contributed by atoms with Crippen LogP contribution in [0.5, 0.6) is 0 Å². The fourth-order valence-electron chi connectivity index (χ4n) is 2.95. The van der Waals surface area contributed by atoms with Crippen LogP contribution in [-0.4, -0.2) is 31.4 Å². The van der Waals surface area contributed by atoms with Crippen LogP contribution in [-0.2, 0) is 9.16 Å². The van der Waals surface area contributed by atoms with E-state index in [-0.39, 0.29) is 22.4 Å². The van der Waals surface area contributed by atoms with Gasteiger partial charge in [-0.2, -0.15) is 0 Å². The van der Waals surface area contributed by atoms with Gasteiger partial charge in [-0.05, 0) is 42.8 Å². The fraction of sp³-hybridized carbons (Fsp3) is 0.500. The zero-order chi connectivity index (χ0) is 22.0. The van der Waals surface area contributed by atoms with Crippen molar-refractivity contribution in [3.05, 3.63) is 51.1 Å². The number of hydrogen-bond donors (Lipinski definition) is 0. The summed E-state index contributed by atoms with van der Waals surface area (Å²) in [6.07, 6.45) is 6.12. The highest BCUT2D eigenvalue weighted by molar-refractivity contribution is 6.74. The molecule has 0 fully saturated rings. The molecule has 0 amide bonds. The minimum absolute atomic E-state index is 0.0476. The molecule has 156 valence electrons. The van der Waals surface area contributed by atoms with Gasteiger partial charge in [0.1, 0.15) is 6.10 Å². The highest BCUT2D eigenvalue weighted by Gasteiger charge is 2.41. The van der Waals surface area contributed by atoms with Crippen LogP contribution in [0.2, 0.25) is 18.1 Å². The minimum Gasteiger partial charge on any atom is -0.458 e. The molecule has 1 aromatic rings. The SMILES string of the molecule is C#CC1=C(C)[C@@H](O[Si](C)(C)C(C)(C)C)C[C@@H](OC(=O)c2ccc([N+](=O)[O-])cc2)C1. The number of esters is 1. The van der Waals surface area contributed by atoms with Crippen LogP contribution in [0.1, 0.15) is 50.9 Å². The Labute approximate surface area is 173 Å². The zero-order valence-electron chi connectivity index (χ0n) is 17.9. The summed E-state index contributed by atoms with van der Waals surface area (Å²) in [5, 5.41) is 10.8. The molecule has 6 nitrogen and oxygen atoms in total. The van der Waals surface area contributed by atoms with Crippen molar-refractivity contribution in [1.82, 2.24) is 0 Å². The maximum absolute atomic E-state index is 12.5. The van der Waals surface area contributed by atoms with Crippen LogP contribution in [0.4, 0.5) is 5.69 Å². The van der Waals surface area contributed by atoms with Gasteiger partial charge in [-0.3, -0.25) is 10.1 Å². The van der Waals surface area contributed by atoms with Gasteiger partial charge in [-0.25, -0.2) is 4.79 Å². The summed E-state index contributed by atoms with van der Waals surface area (Å²) >= 11 is 0. The molecule has 7 heteroatoms. The van der Waals surface area contributed by atoms with E-state index in [2.05, 4.69) is 39.8 Å². The fourth-order valence-corrected chi connectivity index (χ4v) is 4.29. The predicted octanol–water partition coefficient (Wildman–Crippen LogP) is 5.25. The van der Waals surface area contributed by atoms with E-state index in [9.17, 15) is 14.9 Å². The number of carbonyl (C=O) groups is 1. The summed E-state index contributed by atoms with van der Waals surface area (Å²) in [4.78, 5) is 22.8. The number of rotatable bonds is 5. The average molecular weight is 416 g/mol. The van der Waals surface area contributed by atoms with Crippen LogP contribution in [0.15, 0.2) is 35.4 Å². The van der Waals surface area contributed by atoms with Gasteiger partial charge in [-0.15, -0.1) is 6.42 Å². The van der Waals surface area contributed by atoms with E-state index in [1.807, 2.05) is 6.92 Å². The molecule has 1 aliphatic carbocycles. The van der Waals surface area contributed by atoms with Crippen LogP contribution in [0.25, 0.3) is 0 Å². The molecular formula is C22H29NO5Si. The third kappa shape index (κ3) is 5.34. The van der Waals surface area contributed by atoms with E-state index < -0.39 is 25.3 Å². The van der Waals surface area contributed by atoms with Crippen LogP contribution in [0, 0.1) is 22.5 Å². The van der Waals surface area contributed by atoms with Gasteiger partial charge in [0.05, 0.1) is 16.6 Å². The lowest BCUT2D eigenvalue weighted by Crippen LogP contribution is -2.46. The van der Waals surface area contributed by atoms with Crippen molar-refractivity contribution in [3.63, 3.8) is 0 Å². The maximum atomic E-state index is 12.5. The molecule has 2 rings (SSSR count). The molecule has 1 aromatic carbocycles. The number of benzene rings is 1.